The monoisotopic (exact) mass is 732 g/mol. The van der Waals surface area contributed by atoms with Crippen LogP contribution in [0.1, 0.15) is 55.4 Å². The first-order chi connectivity index (χ1) is 24.9. The molecular formula is C40H52O9Si2. The zero-order chi connectivity index (χ0) is 36.6. The molecule has 0 unspecified atom stereocenters. The zero-order valence-corrected chi connectivity index (χ0v) is 33.3. The van der Waals surface area contributed by atoms with E-state index in [0.29, 0.717) is 75.9 Å². The maximum absolute atomic E-state index is 7.66. The fraction of sp³-hybridized carbons (Fsp3) is 0.400. The van der Waals surface area contributed by atoms with Gasteiger partial charge in [-0.2, -0.15) is 0 Å². The summed E-state index contributed by atoms with van der Waals surface area (Å²) < 4.78 is 56.6. The van der Waals surface area contributed by atoms with Crippen molar-refractivity contribution in [1.29, 1.82) is 0 Å². The predicted octanol–water partition coefficient (Wildman–Crippen LogP) is 5.80. The number of hydrogen-bond acceptors (Lipinski definition) is 9. The van der Waals surface area contributed by atoms with Crippen molar-refractivity contribution in [2.75, 3.05) is 52.9 Å². The summed E-state index contributed by atoms with van der Waals surface area (Å²) in [5, 5.41) is 3.69. The summed E-state index contributed by atoms with van der Waals surface area (Å²) in [6.45, 7) is 19.8. The minimum atomic E-state index is -2.15. The molecule has 0 atom stereocenters. The second kappa shape index (κ2) is 20.5. The van der Waals surface area contributed by atoms with Gasteiger partial charge >= 0.3 is 0 Å². The Morgan fingerprint density at radius 2 is 0.529 bits per heavy atom. The largest absolute Gasteiger partial charge is 0.494 e. The number of ether oxygens (including phenoxy) is 8. The van der Waals surface area contributed by atoms with E-state index in [2.05, 4.69) is 24.3 Å². The standard InChI is InChI=1S/C40H52O9Si2/c1-9-41-29-17-21-37(33(25-29)45-13-5)50(38-22-18-30(42-10-2)26-34(38)46-14-6)49-51(39-23-19-31(43-11-3)27-35(39)47-15-7)40-24-20-32(44-12-4)28-36(40)48-16-8/h17-28H,9-16H2,1-8H3. The molecule has 0 heterocycles. The van der Waals surface area contributed by atoms with Crippen LogP contribution >= 0.6 is 0 Å². The van der Waals surface area contributed by atoms with E-state index in [1.807, 2.05) is 104 Å². The Labute approximate surface area is 307 Å². The molecule has 0 saturated heterocycles. The van der Waals surface area contributed by atoms with Crippen LogP contribution in [-0.2, 0) is 4.12 Å². The van der Waals surface area contributed by atoms with Crippen LogP contribution in [0.2, 0.25) is 0 Å². The van der Waals surface area contributed by atoms with Crippen LogP contribution in [0.4, 0.5) is 0 Å². The van der Waals surface area contributed by atoms with E-state index in [1.54, 1.807) is 0 Å². The van der Waals surface area contributed by atoms with Crippen LogP contribution in [0, 0.1) is 0 Å². The molecule has 2 radical (unpaired) electrons. The lowest BCUT2D eigenvalue weighted by Gasteiger charge is -2.28. The molecule has 0 aromatic heterocycles. The fourth-order valence-electron chi connectivity index (χ4n) is 5.50. The molecule has 274 valence electrons. The van der Waals surface area contributed by atoms with Gasteiger partial charge in [0.1, 0.15) is 46.0 Å². The van der Waals surface area contributed by atoms with E-state index in [-0.39, 0.29) is 0 Å². The first-order valence-corrected chi connectivity index (χ1v) is 20.8. The second-order valence-corrected chi connectivity index (χ2v) is 15.1. The zero-order valence-electron chi connectivity index (χ0n) is 31.3. The van der Waals surface area contributed by atoms with E-state index >= 15 is 0 Å². The molecule has 0 spiro atoms. The molecule has 0 aliphatic rings. The highest BCUT2D eigenvalue weighted by molar-refractivity contribution is 6.93. The van der Waals surface area contributed by atoms with Gasteiger partial charge in [-0.1, -0.05) is 24.3 Å². The van der Waals surface area contributed by atoms with Crippen molar-refractivity contribution in [1.82, 2.24) is 0 Å². The minimum Gasteiger partial charge on any atom is -0.494 e. The summed E-state index contributed by atoms with van der Waals surface area (Å²) in [5.41, 5.74) is 0. The van der Waals surface area contributed by atoms with E-state index in [1.165, 1.54) is 0 Å². The smallest absolute Gasteiger partial charge is 0.280 e. The molecule has 0 amide bonds. The molecule has 0 aliphatic carbocycles. The van der Waals surface area contributed by atoms with E-state index < -0.39 is 18.1 Å². The quantitative estimate of drug-likeness (QED) is 0.0932. The van der Waals surface area contributed by atoms with Crippen molar-refractivity contribution < 1.29 is 42.0 Å². The van der Waals surface area contributed by atoms with Crippen molar-refractivity contribution in [3.05, 3.63) is 72.8 Å². The van der Waals surface area contributed by atoms with Crippen LogP contribution in [0.25, 0.3) is 0 Å². The lowest BCUT2D eigenvalue weighted by atomic mass is 10.3. The van der Waals surface area contributed by atoms with Gasteiger partial charge in [-0.3, -0.25) is 0 Å². The third-order valence-electron chi connectivity index (χ3n) is 7.44. The van der Waals surface area contributed by atoms with Gasteiger partial charge in [0.05, 0.1) is 52.9 Å². The first kappa shape index (κ1) is 39.5. The van der Waals surface area contributed by atoms with Crippen LogP contribution in [0.5, 0.6) is 46.0 Å². The molecule has 51 heavy (non-hydrogen) atoms. The average molecular weight is 733 g/mol. The van der Waals surface area contributed by atoms with Gasteiger partial charge in [-0.25, -0.2) is 0 Å². The number of hydrogen-bond donors (Lipinski definition) is 0. The maximum Gasteiger partial charge on any atom is 0.280 e. The number of benzene rings is 4. The maximum atomic E-state index is 7.66. The summed E-state index contributed by atoms with van der Waals surface area (Å²) in [6.07, 6.45) is 0. The van der Waals surface area contributed by atoms with Crippen LogP contribution < -0.4 is 58.6 Å². The summed E-state index contributed by atoms with van der Waals surface area (Å²) in [4.78, 5) is 0. The fourth-order valence-corrected chi connectivity index (χ4v) is 11.1. The highest BCUT2D eigenvalue weighted by atomic mass is 28.4. The Hall–Kier alpha value is -4.33. The van der Waals surface area contributed by atoms with E-state index in [9.17, 15) is 0 Å². The van der Waals surface area contributed by atoms with Gasteiger partial charge in [0.25, 0.3) is 18.1 Å². The SMILES string of the molecule is CCOc1ccc([Si](O[Si](c2ccc(OCC)cc2OCC)c2ccc(OCC)cc2OCC)c2ccc(OCC)cc2OCC)c(OCC)c1. The molecule has 9 nitrogen and oxygen atoms in total. The van der Waals surface area contributed by atoms with Crippen molar-refractivity contribution in [2.24, 2.45) is 0 Å². The Bertz CT molecular complexity index is 1430. The van der Waals surface area contributed by atoms with Gasteiger partial charge in [-0.15, -0.1) is 0 Å². The Morgan fingerprint density at radius 1 is 0.314 bits per heavy atom. The van der Waals surface area contributed by atoms with Crippen molar-refractivity contribution in [2.45, 2.75) is 55.4 Å². The molecule has 4 rings (SSSR count). The molecule has 0 fully saturated rings. The third kappa shape index (κ3) is 10.4. The summed E-state index contributed by atoms with van der Waals surface area (Å²) in [6, 6.07) is 23.9. The predicted molar refractivity (Wildman–Crippen MR) is 206 cm³/mol. The van der Waals surface area contributed by atoms with E-state index in [4.69, 9.17) is 42.0 Å². The van der Waals surface area contributed by atoms with Gasteiger partial charge in [0.15, 0.2) is 0 Å². The van der Waals surface area contributed by atoms with Gasteiger partial charge in [-0.05, 0) is 79.7 Å². The average Bonchev–Trinajstić information content (AvgIpc) is 3.12. The molecular weight excluding hydrogens is 681 g/mol. The van der Waals surface area contributed by atoms with Gasteiger partial charge in [0, 0.05) is 45.0 Å². The van der Waals surface area contributed by atoms with E-state index in [0.717, 1.165) is 43.7 Å². The minimum absolute atomic E-state index is 0.470. The lowest BCUT2D eigenvalue weighted by Crippen LogP contribution is -2.57. The lowest BCUT2D eigenvalue weighted by molar-refractivity contribution is 0.324. The van der Waals surface area contributed by atoms with Crippen LogP contribution in [-0.4, -0.2) is 70.9 Å². The van der Waals surface area contributed by atoms with Gasteiger partial charge < -0.3 is 42.0 Å². The Morgan fingerprint density at radius 3 is 0.725 bits per heavy atom. The number of rotatable bonds is 22. The third-order valence-corrected chi connectivity index (χ3v) is 12.7. The highest BCUT2D eigenvalue weighted by Gasteiger charge is 2.36. The molecule has 0 N–H and O–H groups in total. The molecule has 4 aromatic carbocycles. The molecule has 0 aliphatic heterocycles. The normalized spacial score (nSPS) is 11.0. The van der Waals surface area contributed by atoms with Crippen LogP contribution in [0.3, 0.4) is 0 Å². The molecule has 11 heteroatoms. The van der Waals surface area contributed by atoms with Crippen LogP contribution in [0.15, 0.2) is 72.8 Å². The summed E-state index contributed by atoms with van der Waals surface area (Å²) in [7, 11) is -4.30. The van der Waals surface area contributed by atoms with Gasteiger partial charge in [0.2, 0.25) is 0 Å². The molecule has 0 bridgehead atoms. The van der Waals surface area contributed by atoms with Crippen molar-refractivity contribution in [3.63, 3.8) is 0 Å². The first-order valence-electron chi connectivity index (χ1n) is 18.0. The second-order valence-electron chi connectivity index (χ2n) is 10.9. The molecule has 4 aromatic rings. The highest BCUT2D eigenvalue weighted by Crippen LogP contribution is 2.26. The Balaban J connectivity index is 2.05. The Kier molecular flexibility index (Phi) is 15.9. The van der Waals surface area contributed by atoms with Crippen molar-refractivity contribution >= 4 is 38.8 Å². The molecule has 0 saturated carbocycles. The summed E-state index contributed by atoms with van der Waals surface area (Å²) in [5.74, 6) is 5.69. The van der Waals surface area contributed by atoms with Crippen molar-refractivity contribution in [3.8, 4) is 46.0 Å². The topological polar surface area (TPSA) is 83.1 Å². The summed E-state index contributed by atoms with van der Waals surface area (Å²) >= 11 is 0.